The smallest absolute Gasteiger partial charge is 0.302 e. The third kappa shape index (κ3) is 2.30. The Morgan fingerprint density at radius 2 is 1.92 bits per heavy atom. The van der Waals surface area contributed by atoms with Crippen LogP contribution in [0.25, 0.3) is 0 Å². The van der Waals surface area contributed by atoms with Gasteiger partial charge in [-0.15, -0.1) is 0 Å². The first kappa shape index (κ1) is 18.5. The van der Waals surface area contributed by atoms with E-state index in [0.717, 1.165) is 32.1 Å². The number of allylic oxidation sites excluding steroid dienone is 1. The summed E-state index contributed by atoms with van der Waals surface area (Å²) < 4.78 is 5.40. The summed E-state index contributed by atoms with van der Waals surface area (Å²) in [6.45, 7) is 10.4. The maximum Gasteiger partial charge on any atom is 0.302 e. The van der Waals surface area contributed by atoms with Crippen LogP contribution in [-0.4, -0.2) is 35.0 Å². The zero-order chi connectivity index (χ0) is 18.9. The molecule has 0 aromatic heterocycles. The van der Waals surface area contributed by atoms with E-state index < -0.39 is 11.5 Å². The number of aliphatic hydroxyl groups excluding tert-OH is 2. The fourth-order valence-corrected chi connectivity index (χ4v) is 7.75. The first-order chi connectivity index (χ1) is 12.1. The van der Waals surface area contributed by atoms with Crippen LogP contribution in [0.5, 0.6) is 0 Å². The van der Waals surface area contributed by atoms with Crippen LogP contribution in [0.4, 0.5) is 0 Å². The maximum atomic E-state index is 11.4. The van der Waals surface area contributed by atoms with Crippen molar-refractivity contribution >= 4 is 5.97 Å². The molecule has 0 aromatic carbocycles. The molecule has 1 spiro atoms. The first-order valence-corrected chi connectivity index (χ1v) is 10.3. The maximum absolute atomic E-state index is 11.4. The molecule has 0 amide bonds. The molecule has 2 bridgehead atoms. The van der Waals surface area contributed by atoms with Gasteiger partial charge in [0.2, 0.25) is 0 Å². The van der Waals surface area contributed by atoms with Crippen LogP contribution >= 0.6 is 0 Å². The second-order valence-corrected chi connectivity index (χ2v) is 10.2. The number of fused-ring (bicyclic) bond motifs is 3. The molecule has 0 aliphatic heterocycles. The Balaban J connectivity index is 1.72. The molecule has 0 saturated heterocycles. The van der Waals surface area contributed by atoms with Gasteiger partial charge in [0.25, 0.3) is 0 Å². The summed E-state index contributed by atoms with van der Waals surface area (Å²) in [5, 5.41) is 22.2. The molecule has 0 radical (unpaired) electrons. The number of aliphatic hydroxyl groups is 2. The van der Waals surface area contributed by atoms with Crippen LogP contribution < -0.4 is 0 Å². The topological polar surface area (TPSA) is 66.8 Å². The van der Waals surface area contributed by atoms with Crippen molar-refractivity contribution in [2.75, 3.05) is 6.61 Å². The van der Waals surface area contributed by atoms with Crippen molar-refractivity contribution < 1.29 is 19.7 Å². The van der Waals surface area contributed by atoms with E-state index in [4.69, 9.17) is 4.74 Å². The zero-order valence-electron chi connectivity index (χ0n) is 16.5. The fraction of sp³-hybridized carbons (Fsp3) is 0.864. The second-order valence-electron chi connectivity index (χ2n) is 10.2. The number of rotatable bonds is 2. The largest absolute Gasteiger partial charge is 0.465 e. The Morgan fingerprint density at radius 3 is 2.62 bits per heavy atom. The van der Waals surface area contributed by atoms with Crippen LogP contribution in [0.1, 0.15) is 65.7 Å². The SMILES string of the molecule is C=C1C[C@]23C[C@H]1CC[C@H]2[C@]1(C)CC[C@@H](O)[C@](C)(COC(C)=O)[C@H]1C[C@@H]3O. The molecule has 8 atom stereocenters. The summed E-state index contributed by atoms with van der Waals surface area (Å²) in [6.07, 6.45) is 5.98. The van der Waals surface area contributed by atoms with E-state index in [9.17, 15) is 15.0 Å². The van der Waals surface area contributed by atoms with Gasteiger partial charge < -0.3 is 14.9 Å². The Bertz CT molecular complexity index is 630. The van der Waals surface area contributed by atoms with Crippen molar-refractivity contribution in [3.8, 4) is 0 Å². The molecule has 0 heterocycles. The Morgan fingerprint density at radius 1 is 1.19 bits per heavy atom. The van der Waals surface area contributed by atoms with Crippen LogP contribution in [0, 0.1) is 34.0 Å². The summed E-state index contributed by atoms with van der Waals surface area (Å²) in [6, 6.07) is 0. The Labute approximate surface area is 157 Å². The van der Waals surface area contributed by atoms with Gasteiger partial charge in [-0.3, -0.25) is 4.79 Å². The molecule has 4 fully saturated rings. The highest BCUT2D eigenvalue weighted by atomic mass is 16.5. The molecule has 4 nitrogen and oxygen atoms in total. The van der Waals surface area contributed by atoms with Gasteiger partial charge in [-0.2, -0.15) is 0 Å². The molecular formula is C22H34O4. The minimum Gasteiger partial charge on any atom is -0.465 e. The van der Waals surface area contributed by atoms with Gasteiger partial charge in [0.05, 0.1) is 18.8 Å². The lowest BCUT2D eigenvalue weighted by atomic mass is 9.40. The normalized spacial score (nSPS) is 53.0. The first-order valence-electron chi connectivity index (χ1n) is 10.3. The number of carbonyl (C=O) groups is 1. The van der Waals surface area contributed by atoms with E-state index in [2.05, 4.69) is 20.4 Å². The molecule has 4 rings (SSSR count). The van der Waals surface area contributed by atoms with Crippen molar-refractivity contribution in [1.29, 1.82) is 0 Å². The summed E-state index contributed by atoms with van der Waals surface area (Å²) in [4.78, 5) is 11.4. The lowest BCUT2D eigenvalue weighted by molar-refractivity contribution is -0.232. The van der Waals surface area contributed by atoms with E-state index in [1.807, 2.05) is 0 Å². The van der Waals surface area contributed by atoms with Crippen LogP contribution in [0.2, 0.25) is 0 Å². The number of hydrogen-bond donors (Lipinski definition) is 2. The lowest BCUT2D eigenvalue weighted by Gasteiger charge is -2.66. The van der Waals surface area contributed by atoms with E-state index in [0.29, 0.717) is 18.3 Å². The lowest BCUT2D eigenvalue weighted by Crippen LogP contribution is -2.65. The average molecular weight is 363 g/mol. The minimum absolute atomic E-state index is 0.0180. The summed E-state index contributed by atoms with van der Waals surface area (Å²) in [5.41, 5.74) is 0.902. The van der Waals surface area contributed by atoms with Crippen LogP contribution in [0.15, 0.2) is 12.2 Å². The van der Waals surface area contributed by atoms with Gasteiger partial charge in [0.15, 0.2) is 0 Å². The molecule has 26 heavy (non-hydrogen) atoms. The molecule has 4 aliphatic carbocycles. The molecular weight excluding hydrogens is 328 g/mol. The molecule has 2 N–H and O–H groups in total. The number of hydrogen-bond acceptors (Lipinski definition) is 4. The molecule has 4 saturated carbocycles. The van der Waals surface area contributed by atoms with Crippen molar-refractivity contribution in [1.82, 2.24) is 0 Å². The van der Waals surface area contributed by atoms with E-state index in [1.54, 1.807) is 0 Å². The Kier molecular flexibility index (Phi) is 4.13. The van der Waals surface area contributed by atoms with E-state index >= 15 is 0 Å². The number of ether oxygens (including phenoxy) is 1. The monoisotopic (exact) mass is 362 g/mol. The summed E-state index contributed by atoms with van der Waals surface area (Å²) in [5.74, 6) is 0.909. The van der Waals surface area contributed by atoms with E-state index in [1.165, 1.54) is 18.9 Å². The van der Waals surface area contributed by atoms with Crippen molar-refractivity contribution in [2.24, 2.45) is 34.0 Å². The van der Waals surface area contributed by atoms with Gasteiger partial charge in [-0.1, -0.05) is 26.0 Å². The predicted octanol–water partition coefficient (Wildman–Crippen LogP) is 3.46. The summed E-state index contributed by atoms with van der Waals surface area (Å²) >= 11 is 0. The fourth-order valence-electron chi connectivity index (χ4n) is 7.75. The zero-order valence-corrected chi connectivity index (χ0v) is 16.5. The van der Waals surface area contributed by atoms with Gasteiger partial charge >= 0.3 is 5.97 Å². The van der Waals surface area contributed by atoms with Crippen LogP contribution in [-0.2, 0) is 9.53 Å². The van der Waals surface area contributed by atoms with E-state index in [-0.39, 0.29) is 35.4 Å². The minimum atomic E-state index is -0.492. The quantitative estimate of drug-likeness (QED) is 0.583. The summed E-state index contributed by atoms with van der Waals surface area (Å²) in [7, 11) is 0. The second kappa shape index (κ2) is 5.81. The average Bonchev–Trinajstić information content (AvgIpc) is 2.83. The third-order valence-corrected chi connectivity index (χ3v) is 9.07. The highest BCUT2D eigenvalue weighted by Gasteiger charge is 2.68. The third-order valence-electron chi connectivity index (χ3n) is 9.07. The van der Waals surface area contributed by atoms with Crippen LogP contribution in [0.3, 0.4) is 0 Å². The van der Waals surface area contributed by atoms with Crippen molar-refractivity contribution in [2.45, 2.75) is 77.9 Å². The van der Waals surface area contributed by atoms with Crippen molar-refractivity contribution in [3.63, 3.8) is 0 Å². The standard InChI is InChI=1S/C22H34O4/c1-13-10-22-11-15(13)5-6-16(22)20(3)8-7-18(24)21(4,12-26-14(2)23)17(20)9-19(22)25/h15-19,24-25H,1,5-12H2,2-4H3/t15-,16+,17+,18-,19+,20+,21-,22+/m1/s1. The number of carbonyl (C=O) groups excluding carboxylic acids is 1. The van der Waals surface area contributed by atoms with Gasteiger partial charge in [-0.25, -0.2) is 0 Å². The molecule has 0 unspecified atom stereocenters. The Hall–Kier alpha value is -0.870. The molecule has 0 aromatic rings. The van der Waals surface area contributed by atoms with Gasteiger partial charge in [-0.05, 0) is 68.1 Å². The van der Waals surface area contributed by atoms with Gasteiger partial charge in [0.1, 0.15) is 0 Å². The predicted molar refractivity (Wildman–Crippen MR) is 99.2 cm³/mol. The number of esters is 1. The van der Waals surface area contributed by atoms with Gasteiger partial charge in [0, 0.05) is 17.8 Å². The molecule has 4 aliphatic rings. The van der Waals surface area contributed by atoms with Crippen molar-refractivity contribution in [3.05, 3.63) is 12.2 Å². The molecule has 4 heteroatoms. The molecule has 146 valence electrons. The highest BCUT2D eigenvalue weighted by Crippen LogP contribution is 2.72. The highest BCUT2D eigenvalue weighted by molar-refractivity contribution is 5.65.